The quantitative estimate of drug-likeness (QED) is 0.304. The Balaban J connectivity index is 2.06. The lowest BCUT2D eigenvalue weighted by atomic mass is 10.3. The molecular weight excluding hydrogens is 411 g/mol. The van der Waals surface area contributed by atoms with Gasteiger partial charge in [-0.1, -0.05) is 45.8 Å². The second-order valence-electron chi connectivity index (χ2n) is 3.84. The molecule has 1 aliphatic heterocycles. The summed E-state index contributed by atoms with van der Waals surface area (Å²) in [5, 5.41) is 0.483. The van der Waals surface area contributed by atoms with Crippen LogP contribution in [0.3, 0.4) is 0 Å². The van der Waals surface area contributed by atoms with Gasteiger partial charge in [-0.05, 0) is 23.7 Å². The highest BCUT2D eigenvalue weighted by Crippen LogP contribution is 2.31. The van der Waals surface area contributed by atoms with Crippen LogP contribution in [0.2, 0.25) is 10.0 Å². The molecule has 0 aromatic heterocycles. The first kappa shape index (κ1) is 14.5. The average molecular weight is 420 g/mol. The Kier molecular flexibility index (Phi) is 4.86. The second-order valence-corrected chi connectivity index (χ2v) is 6.25. The molecular formula is C11H9Cl3INO2. The monoisotopic (exact) mass is 419 g/mol. The van der Waals surface area contributed by atoms with Crippen LogP contribution in [0.15, 0.2) is 18.2 Å². The number of rotatable bonds is 2. The maximum absolute atomic E-state index is 11.1. The van der Waals surface area contributed by atoms with Gasteiger partial charge in [0, 0.05) is 19.0 Å². The normalized spacial score (nSPS) is 23.2. The van der Waals surface area contributed by atoms with Gasteiger partial charge in [0.15, 0.2) is 0 Å². The van der Waals surface area contributed by atoms with E-state index in [9.17, 15) is 4.79 Å². The molecule has 2 rings (SSSR count). The highest BCUT2D eigenvalue weighted by atomic mass is 127. The van der Waals surface area contributed by atoms with Crippen LogP contribution in [0.4, 0.5) is 4.79 Å². The molecule has 1 aliphatic rings. The number of likely N-dealkylation sites (tertiary alicyclic amines) is 1. The lowest BCUT2D eigenvalue weighted by molar-refractivity contribution is 0.192. The van der Waals surface area contributed by atoms with Crippen molar-refractivity contribution in [2.75, 3.05) is 6.54 Å². The van der Waals surface area contributed by atoms with Gasteiger partial charge in [0.2, 0.25) is 0 Å². The fraction of sp³-hybridized carbons (Fsp3) is 0.364. The third-order valence-electron chi connectivity index (χ3n) is 2.66. The molecule has 0 radical (unpaired) electrons. The van der Waals surface area contributed by atoms with Gasteiger partial charge in [-0.2, -0.15) is 0 Å². The number of hydrogen-bond acceptors (Lipinski definition) is 2. The van der Waals surface area contributed by atoms with Crippen molar-refractivity contribution < 1.29 is 9.53 Å². The lowest BCUT2D eigenvalue weighted by Crippen LogP contribution is -2.34. The van der Waals surface area contributed by atoms with Crippen LogP contribution in [-0.4, -0.2) is 27.0 Å². The summed E-state index contributed by atoms with van der Waals surface area (Å²) < 4.78 is 5.72. The van der Waals surface area contributed by atoms with Gasteiger partial charge in [-0.25, -0.2) is 0 Å². The van der Waals surface area contributed by atoms with Crippen molar-refractivity contribution in [3.8, 4) is 5.75 Å². The molecule has 0 spiro atoms. The predicted molar refractivity (Wildman–Crippen MR) is 81.3 cm³/mol. The maximum atomic E-state index is 11.1. The summed E-state index contributed by atoms with van der Waals surface area (Å²) in [6.07, 6.45) is 0.650. The second kappa shape index (κ2) is 6.03. The van der Waals surface area contributed by atoms with Crippen molar-refractivity contribution in [1.29, 1.82) is 0 Å². The van der Waals surface area contributed by atoms with E-state index in [1.807, 2.05) is 0 Å². The van der Waals surface area contributed by atoms with Crippen molar-refractivity contribution in [3.63, 3.8) is 0 Å². The van der Waals surface area contributed by atoms with Gasteiger partial charge in [0.25, 0.3) is 0 Å². The largest absolute Gasteiger partial charge is 0.487 e. The van der Waals surface area contributed by atoms with Gasteiger partial charge in [-0.15, -0.1) is 0 Å². The first-order valence-corrected chi connectivity index (χ1v) is 7.59. The van der Waals surface area contributed by atoms with Crippen LogP contribution in [0.25, 0.3) is 0 Å². The van der Waals surface area contributed by atoms with E-state index in [2.05, 4.69) is 22.6 Å². The van der Waals surface area contributed by atoms with Gasteiger partial charge in [-0.3, -0.25) is 4.79 Å². The first-order chi connectivity index (χ1) is 8.49. The molecule has 3 nitrogen and oxygen atoms in total. The zero-order valence-corrected chi connectivity index (χ0v) is 13.5. The van der Waals surface area contributed by atoms with Crippen molar-refractivity contribution >= 4 is 62.8 Å². The van der Waals surface area contributed by atoms with Crippen molar-refractivity contribution in [2.45, 2.75) is 16.6 Å². The molecule has 18 heavy (non-hydrogen) atoms. The summed E-state index contributed by atoms with van der Waals surface area (Å²) >= 11 is 19.4. The molecule has 0 N–H and O–H groups in total. The summed E-state index contributed by atoms with van der Waals surface area (Å²) in [6, 6.07) is 5.10. The zero-order valence-electron chi connectivity index (χ0n) is 9.08. The van der Waals surface area contributed by atoms with Crippen LogP contribution in [0.1, 0.15) is 6.42 Å². The number of nitrogens with zero attached hydrogens (tertiary/aromatic N) is 1. The summed E-state index contributed by atoms with van der Waals surface area (Å²) in [6.45, 7) is 0.599. The van der Waals surface area contributed by atoms with Crippen LogP contribution in [-0.2, 0) is 0 Å². The Morgan fingerprint density at radius 1 is 1.39 bits per heavy atom. The summed E-state index contributed by atoms with van der Waals surface area (Å²) in [4.78, 5) is 12.7. The number of benzene rings is 1. The first-order valence-electron chi connectivity index (χ1n) is 5.21. The molecule has 1 fully saturated rings. The van der Waals surface area contributed by atoms with E-state index in [1.54, 1.807) is 23.1 Å². The Hall–Kier alpha value is 0.0900. The SMILES string of the molecule is O=C(Cl)N1CCC(Oc2ccc(Cl)c(Cl)c2)C1I. The topological polar surface area (TPSA) is 29.5 Å². The minimum Gasteiger partial charge on any atom is -0.487 e. The standard InChI is InChI=1S/C11H9Cl3INO2/c12-7-2-1-6(5-8(7)13)18-9-3-4-16(10(9)15)11(14)17/h1-2,5,9-10H,3-4H2. The van der Waals surface area contributed by atoms with E-state index >= 15 is 0 Å². The van der Waals surface area contributed by atoms with Crippen molar-refractivity contribution in [2.24, 2.45) is 0 Å². The highest BCUT2D eigenvalue weighted by Gasteiger charge is 2.36. The molecule has 0 bridgehead atoms. The molecule has 98 valence electrons. The summed E-state index contributed by atoms with van der Waals surface area (Å²) in [5.74, 6) is 0.639. The molecule has 0 aliphatic carbocycles. The zero-order chi connectivity index (χ0) is 13.3. The van der Waals surface area contributed by atoms with Gasteiger partial charge < -0.3 is 9.64 Å². The molecule has 0 saturated carbocycles. The molecule has 2 atom stereocenters. The number of ether oxygens (including phenoxy) is 1. The number of alkyl halides is 1. The highest BCUT2D eigenvalue weighted by molar-refractivity contribution is 14.1. The van der Waals surface area contributed by atoms with E-state index in [-0.39, 0.29) is 10.2 Å². The van der Waals surface area contributed by atoms with Crippen LogP contribution < -0.4 is 4.74 Å². The molecule has 1 aromatic rings. The molecule has 1 saturated heterocycles. The lowest BCUT2D eigenvalue weighted by Gasteiger charge is -2.21. The smallest absolute Gasteiger partial charge is 0.317 e. The molecule has 2 unspecified atom stereocenters. The molecule has 7 heteroatoms. The van der Waals surface area contributed by atoms with Gasteiger partial charge >= 0.3 is 5.37 Å². The molecule has 1 amide bonds. The molecule has 1 heterocycles. The third-order valence-corrected chi connectivity index (χ3v) is 5.09. The van der Waals surface area contributed by atoms with Crippen LogP contribution in [0.5, 0.6) is 5.75 Å². The van der Waals surface area contributed by atoms with Gasteiger partial charge in [0.1, 0.15) is 15.9 Å². The van der Waals surface area contributed by atoms with Crippen LogP contribution >= 0.6 is 57.4 Å². The van der Waals surface area contributed by atoms with Crippen molar-refractivity contribution in [3.05, 3.63) is 28.2 Å². The number of carbonyl (C=O) groups excluding carboxylic acids is 1. The fourth-order valence-corrected chi connectivity index (χ4v) is 3.43. The van der Waals surface area contributed by atoms with Gasteiger partial charge in [0.05, 0.1) is 10.0 Å². The molecule has 1 aromatic carbocycles. The van der Waals surface area contributed by atoms with E-state index < -0.39 is 5.37 Å². The van der Waals surface area contributed by atoms with Crippen molar-refractivity contribution in [1.82, 2.24) is 4.90 Å². The number of carbonyl (C=O) groups is 1. The summed E-state index contributed by atoms with van der Waals surface area (Å²) in [7, 11) is 0. The van der Waals surface area contributed by atoms with E-state index in [4.69, 9.17) is 39.5 Å². The Labute approximate surface area is 133 Å². The van der Waals surface area contributed by atoms with E-state index in [0.717, 1.165) is 6.42 Å². The Bertz CT molecular complexity index is 472. The average Bonchev–Trinajstić information content (AvgIpc) is 2.66. The predicted octanol–water partition coefficient (Wildman–Crippen LogP) is 4.57. The minimum atomic E-state index is -0.449. The number of halogens is 4. The minimum absolute atomic E-state index is 0.0814. The van der Waals surface area contributed by atoms with E-state index in [1.165, 1.54) is 0 Å². The summed E-state index contributed by atoms with van der Waals surface area (Å²) in [5.41, 5.74) is 0. The Morgan fingerprint density at radius 3 is 2.67 bits per heavy atom. The fourth-order valence-electron chi connectivity index (χ4n) is 1.75. The Morgan fingerprint density at radius 2 is 2.11 bits per heavy atom. The number of amides is 1. The van der Waals surface area contributed by atoms with E-state index in [0.29, 0.717) is 22.3 Å². The number of hydrogen-bond donors (Lipinski definition) is 0. The maximum Gasteiger partial charge on any atom is 0.317 e. The van der Waals surface area contributed by atoms with Crippen LogP contribution in [0, 0.1) is 0 Å². The third kappa shape index (κ3) is 3.15.